The van der Waals surface area contributed by atoms with Crippen molar-refractivity contribution in [2.75, 3.05) is 6.61 Å². The van der Waals surface area contributed by atoms with Gasteiger partial charge in [-0.15, -0.1) is 10.8 Å². The Bertz CT molecular complexity index is 1100. The molecule has 1 aromatic heterocycles. The zero-order valence-corrected chi connectivity index (χ0v) is 15.2. The van der Waals surface area contributed by atoms with E-state index in [1.807, 2.05) is 25.1 Å². The summed E-state index contributed by atoms with van der Waals surface area (Å²) in [5.41, 5.74) is 0.827. The van der Waals surface area contributed by atoms with E-state index in [0.29, 0.717) is 11.4 Å². The van der Waals surface area contributed by atoms with Crippen molar-refractivity contribution in [1.29, 1.82) is 0 Å². The maximum absolute atomic E-state index is 12.6. The lowest BCUT2D eigenvalue weighted by atomic mass is 10.3. The van der Waals surface area contributed by atoms with E-state index in [-0.39, 0.29) is 11.4 Å². The summed E-state index contributed by atoms with van der Waals surface area (Å²) in [5, 5.41) is 0. The summed E-state index contributed by atoms with van der Waals surface area (Å²) in [7, 11) is -3.81. The number of aromatic nitrogens is 1. The number of sulfonamides is 1. The number of fused-ring (bicyclic) bond motifs is 1. The van der Waals surface area contributed by atoms with Crippen molar-refractivity contribution < 1.29 is 13.2 Å². The molecule has 3 rings (SSSR count). The standard InChI is InChI=1S/C18H16N2O3S2/c1-3-12-20-16-11-10-14(23-4-2)13-17(16)24-18(20)19-25(21,22)15-8-6-5-7-9-15/h1,5-11,13H,4,12H2,2H3. The van der Waals surface area contributed by atoms with E-state index < -0.39 is 10.0 Å². The topological polar surface area (TPSA) is 60.7 Å². The molecule has 0 radical (unpaired) electrons. The average Bonchev–Trinajstić information content (AvgIpc) is 2.92. The van der Waals surface area contributed by atoms with Crippen molar-refractivity contribution in [1.82, 2.24) is 4.57 Å². The molecule has 128 valence electrons. The predicted octanol–water partition coefficient (Wildman–Crippen LogP) is 3.02. The first kappa shape index (κ1) is 17.3. The molecule has 0 saturated carbocycles. The Kier molecular flexibility index (Phi) is 4.93. The third-order valence-corrected chi connectivity index (χ3v) is 5.89. The Hall–Kier alpha value is -2.56. The molecule has 2 aromatic carbocycles. The van der Waals surface area contributed by atoms with Gasteiger partial charge in [0, 0.05) is 0 Å². The summed E-state index contributed by atoms with van der Waals surface area (Å²) < 4.78 is 37.2. The minimum Gasteiger partial charge on any atom is -0.494 e. The molecule has 5 nitrogen and oxygen atoms in total. The normalized spacial score (nSPS) is 12.2. The van der Waals surface area contributed by atoms with Crippen LogP contribution in [0, 0.1) is 12.3 Å². The second kappa shape index (κ2) is 7.13. The second-order valence-electron chi connectivity index (χ2n) is 5.12. The maximum atomic E-state index is 12.6. The molecule has 0 unspecified atom stereocenters. The van der Waals surface area contributed by atoms with Crippen molar-refractivity contribution in [2.45, 2.75) is 18.4 Å². The third-order valence-electron chi connectivity index (χ3n) is 3.45. The zero-order valence-electron chi connectivity index (χ0n) is 13.5. The summed E-state index contributed by atoms with van der Waals surface area (Å²) in [5.74, 6) is 3.28. The van der Waals surface area contributed by atoms with Crippen LogP contribution in [0.15, 0.2) is 57.8 Å². The molecule has 0 atom stereocenters. The van der Waals surface area contributed by atoms with Gasteiger partial charge in [-0.25, -0.2) is 0 Å². The van der Waals surface area contributed by atoms with Gasteiger partial charge >= 0.3 is 0 Å². The number of hydrogen-bond donors (Lipinski definition) is 0. The quantitative estimate of drug-likeness (QED) is 0.647. The Morgan fingerprint density at radius 2 is 2.00 bits per heavy atom. The van der Waals surface area contributed by atoms with Gasteiger partial charge in [-0.2, -0.15) is 8.42 Å². The van der Waals surface area contributed by atoms with Crippen LogP contribution in [0.25, 0.3) is 10.2 Å². The van der Waals surface area contributed by atoms with Crippen molar-refractivity contribution in [3.8, 4) is 18.1 Å². The van der Waals surface area contributed by atoms with Gasteiger partial charge in [-0.1, -0.05) is 35.5 Å². The molecule has 25 heavy (non-hydrogen) atoms. The molecule has 0 amide bonds. The van der Waals surface area contributed by atoms with Crippen molar-refractivity contribution in [3.63, 3.8) is 0 Å². The van der Waals surface area contributed by atoms with Crippen molar-refractivity contribution in [3.05, 3.63) is 53.3 Å². The van der Waals surface area contributed by atoms with Gasteiger partial charge in [0.1, 0.15) is 5.75 Å². The van der Waals surface area contributed by atoms with Gasteiger partial charge in [0.2, 0.25) is 4.80 Å². The number of rotatable bonds is 5. The van der Waals surface area contributed by atoms with Gasteiger partial charge in [0.05, 0.1) is 28.3 Å². The summed E-state index contributed by atoms with van der Waals surface area (Å²) in [4.78, 5) is 0.486. The zero-order chi connectivity index (χ0) is 17.9. The number of benzene rings is 2. The second-order valence-corrected chi connectivity index (χ2v) is 7.73. The molecule has 0 aliphatic rings. The highest BCUT2D eigenvalue weighted by Gasteiger charge is 2.14. The van der Waals surface area contributed by atoms with Crippen LogP contribution in [0.1, 0.15) is 6.92 Å². The van der Waals surface area contributed by atoms with Crippen LogP contribution in [0.2, 0.25) is 0 Å². The molecule has 0 aliphatic heterocycles. The van der Waals surface area contributed by atoms with Gasteiger partial charge in [-0.05, 0) is 37.3 Å². The van der Waals surface area contributed by atoms with Crippen LogP contribution in [0.4, 0.5) is 0 Å². The molecule has 0 aliphatic carbocycles. The van der Waals surface area contributed by atoms with Crippen LogP contribution in [-0.4, -0.2) is 19.6 Å². The van der Waals surface area contributed by atoms with Crippen LogP contribution in [-0.2, 0) is 16.6 Å². The molecule has 7 heteroatoms. The van der Waals surface area contributed by atoms with E-state index in [9.17, 15) is 8.42 Å². The molecule has 3 aromatic rings. The third kappa shape index (κ3) is 3.60. The molecular weight excluding hydrogens is 356 g/mol. The molecule has 0 N–H and O–H groups in total. The fourth-order valence-corrected chi connectivity index (χ4v) is 4.65. The van der Waals surface area contributed by atoms with Crippen LogP contribution in [0.3, 0.4) is 0 Å². The van der Waals surface area contributed by atoms with E-state index in [2.05, 4.69) is 10.3 Å². The minimum atomic E-state index is -3.81. The monoisotopic (exact) mass is 372 g/mol. The van der Waals surface area contributed by atoms with E-state index in [0.717, 1.165) is 16.0 Å². The highest BCUT2D eigenvalue weighted by molar-refractivity contribution is 7.90. The highest BCUT2D eigenvalue weighted by Crippen LogP contribution is 2.24. The van der Waals surface area contributed by atoms with Crippen LogP contribution in [0.5, 0.6) is 5.75 Å². The molecule has 1 heterocycles. The fraction of sp³-hybridized carbons (Fsp3) is 0.167. The number of ether oxygens (including phenoxy) is 1. The summed E-state index contributed by atoms with van der Waals surface area (Å²) >= 11 is 1.27. The van der Waals surface area contributed by atoms with E-state index in [1.165, 1.54) is 23.5 Å². The first-order chi connectivity index (χ1) is 12.0. The number of nitrogens with zero attached hydrogens (tertiary/aromatic N) is 2. The lowest BCUT2D eigenvalue weighted by molar-refractivity contribution is 0.341. The Morgan fingerprint density at radius 3 is 2.68 bits per heavy atom. The van der Waals surface area contributed by atoms with Gasteiger partial charge in [0.25, 0.3) is 10.0 Å². The molecule has 0 spiro atoms. The number of thiazole rings is 1. The first-order valence-electron chi connectivity index (χ1n) is 7.61. The summed E-state index contributed by atoms with van der Waals surface area (Å²) in [6.07, 6.45) is 5.45. The van der Waals surface area contributed by atoms with Gasteiger partial charge in [-0.3, -0.25) is 0 Å². The number of hydrogen-bond acceptors (Lipinski definition) is 4. The van der Waals surface area contributed by atoms with Crippen molar-refractivity contribution >= 4 is 31.6 Å². The SMILES string of the molecule is C#CCn1c(=NS(=O)(=O)c2ccccc2)sc2cc(OCC)ccc21. The Morgan fingerprint density at radius 1 is 1.24 bits per heavy atom. The smallest absolute Gasteiger partial charge is 0.285 e. The largest absolute Gasteiger partial charge is 0.494 e. The van der Waals surface area contributed by atoms with Crippen LogP contribution >= 0.6 is 11.3 Å². The Labute approximate surface area is 150 Å². The molecular formula is C18H16N2O3S2. The minimum absolute atomic E-state index is 0.148. The van der Waals surface area contributed by atoms with Crippen molar-refractivity contribution in [2.24, 2.45) is 4.40 Å². The van der Waals surface area contributed by atoms with Gasteiger partial charge < -0.3 is 9.30 Å². The average molecular weight is 372 g/mol. The van der Waals surface area contributed by atoms with Gasteiger partial charge in [0.15, 0.2) is 0 Å². The molecule has 0 fully saturated rings. The number of terminal acetylenes is 1. The Balaban J connectivity index is 2.21. The predicted molar refractivity (Wildman–Crippen MR) is 99.0 cm³/mol. The lowest BCUT2D eigenvalue weighted by Crippen LogP contribution is -2.16. The molecule has 0 bridgehead atoms. The van der Waals surface area contributed by atoms with E-state index in [4.69, 9.17) is 11.2 Å². The van der Waals surface area contributed by atoms with E-state index in [1.54, 1.807) is 22.8 Å². The summed E-state index contributed by atoms with van der Waals surface area (Å²) in [6, 6.07) is 13.7. The molecule has 0 saturated heterocycles. The summed E-state index contributed by atoms with van der Waals surface area (Å²) in [6.45, 7) is 2.70. The van der Waals surface area contributed by atoms with Crippen LogP contribution < -0.4 is 9.54 Å². The fourth-order valence-electron chi connectivity index (χ4n) is 2.37. The maximum Gasteiger partial charge on any atom is 0.285 e. The van der Waals surface area contributed by atoms with E-state index >= 15 is 0 Å². The highest BCUT2D eigenvalue weighted by atomic mass is 32.2. The lowest BCUT2D eigenvalue weighted by Gasteiger charge is -2.03. The first-order valence-corrected chi connectivity index (χ1v) is 9.86.